The molecule has 4 nitrogen and oxygen atoms in total. The molecule has 1 rings (SSSR count). The van der Waals surface area contributed by atoms with E-state index < -0.39 is 11.5 Å². The highest BCUT2D eigenvalue weighted by Crippen LogP contribution is 2.29. The van der Waals surface area contributed by atoms with Crippen LogP contribution in [-0.4, -0.2) is 30.9 Å². The second-order valence-electron chi connectivity index (χ2n) is 3.26. The van der Waals surface area contributed by atoms with Gasteiger partial charge in [-0.15, -0.1) is 0 Å². The van der Waals surface area contributed by atoms with E-state index in [1.165, 1.54) is 19.4 Å². The Kier molecular flexibility index (Phi) is 5.54. The molecule has 0 aromatic carbocycles. The molecule has 8 heteroatoms. The van der Waals surface area contributed by atoms with Gasteiger partial charge in [0.1, 0.15) is 12.0 Å². The summed E-state index contributed by atoms with van der Waals surface area (Å²) in [6, 6.07) is 1.48. The second-order valence-corrected chi connectivity index (χ2v) is 4.42. The Morgan fingerprint density at radius 1 is 1.56 bits per heavy atom. The van der Waals surface area contributed by atoms with E-state index in [4.69, 9.17) is 4.42 Å². The van der Waals surface area contributed by atoms with Crippen LogP contribution in [0.4, 0.5) is 13.2 Å². The molecule has 0 spiro atoms. The van der Waals surface area contributed by atoms with E-state index >= 15 is 0 Å². The summed E-state index contributed by atoms with van der Waals surface area (Å²) in [6.45, 7) is 0.452. The van der Waals surface area contributed by atoms with Crippen molar-refractivity contribution < 1.29 is 27.1 Å². The van der Waals surface area contributed by atoms with Crippen molar-refractivity contribution in [2.24, 2.45) is 0 Å². The van der Waals surface area contributed by atoms with Crippen molar-refractivity contribution >= 4 is 17.7 Å². The number of carbonyl (C=O) groups excluding carboxylic acids is 1. The average Bonchev–Trinajstić information content (AvgIpc) is 2.75. The molecule has 0 aliphatic carbocycles. The average molecular weight is 283 g/mol. The lowest BCUT2D eigenvalue weighted by molar-refractivity contribution is -0.0327. The summed E-state index contributed by atoms with van der Waals surface area (Å²) in [4.78, 5) is 11.1. The molecule has 18 heavy (non-hydrogen) atoms. The molecule has 0 radical (unpaired) electrons. The largest absolute Gasteiger partial charge is 0.467 e. The van der Waals surface area contributed by atoms with E-state index in [2.05, 4.69) is 10.1 Å². The molecule has 1 aromatic heterocycles. The number of esters is 1. The van der Waals surface area contributed by atoms with E-state index in [1.54, 1.807) is 0 Å². The van der Waals surface area contributed by atoms with Crippen molar-refractivity contribution in [3.05, 3.63) is 23.7 Å². The molecule has 0 bridgehead atoms. The fraction of sp³-hybridized carbons (Fsp3) is 0.500. The summed E-state index contributed by atoms with van der Waals surface area (Å²) >= 11 is -0.0848. The number of hydrogen-bond acceptors (Lipinski definition) is 5. The van der Waals surface area contributed by atoms with Gasteiger partial charge in [-0.3, -0.25) is 0 Å². The molecule has 1 aromatic rings. The molecule has 0 aliphatic rings. The van der Waals surface area contributed by atoms with Gasteiger partial charge in [-0.2, -0.15) is 13.2 Å². The standard InChI is InChI=1S/C10H12F3NO3S/c1-16-9(15)7-4-8(17-6-7)5-14-2-3-18-10(11,12)13/h4,6,14H,2-3,5H2,1H3. The van der Waals surface area contributed by atoms with Crippen LogP contribution in [0.15, 0.2) is 16.7 Å². The Bertz CT molecular complexity index is 392. The summed E-state index contributed by atoms with van der Waals surface area (Å²) in [5.74, 6) is -0.126. The van der Waals surface area contributed by atoms with E-state index in [0.29, 0.717) is 5.76 Å². The summed E-state index contributed by atoms with van der Waals surface area (Å²) in [7, 11) is 1.25. The molecule has 102 valence electrons. The first kappa shape index (κ1) is 14.9. The predicted octanol–water partition coefficient (Wildman–Crippen LogP) is 2.41. The van der Waals surface area contributed by atoms with E-state index in [-0.39, 0.29) is 36.2 Å². The van der Waals surface area contributed by atoms with Crippen molar-refractivity contribution in [1.82, 2.24) is 5.32 Å². The van der Waals surface area contributed by atoms with Crippen molar-refractivity contribution in [3.8, 4) is 0 Å². The van der Waals surface area contributed by atoms with Crippen LogP contribution in [0.5, 0.6) is 0 Å². The van der Waals surface area contributed by atoms with E-state index in [0.717, 1.165) is 0 Å². The highest BCUT2D eigenvalue weighted by Gasteiger charge is 2.27. The highest BCUT2D eigenvalue weighted by molar-refractivity contribution is 8.00. The van der Waals surface area contributed by atoms with Crippen LogP contribution >= 0.6 is 11.8 Å². The normalized spacial score (nSPS) is 11.6. The molecule has 0 fully saturated rings. The lowest BCUT2D eigenvalue weighted by atomic mass is 10.3. The van der Waals surface area contributed by atoms with E-state index in [9.17, 15) is 18.0 Å². The van der Waals surface area contributed by atoms with Gasteiger partial charge in [-0.05, 0) is 17.8 Å². The number of halogens is 3. The SMILES string of the molecule is COC(=O)c1coc(CNCCSC(F)(F)F)c1. The van der Waals surface area contributed by atoms with Crippen LogP contribution in [0.1, 0.15) is 16.1 Å². The lowest BCUT2D eigenvalue weighted by Crippen LogP contribution is -2.18. The zero-order valence-electron chi connectivity index (χ0n) is 9.54. The zero-order valence-corrected chi connectivity index (χ0v) is 10.4. The molecule has 0 amide bonds. The summed E-state index contributed by atoms with van der Waals surface area (Å²) in [5.41, 5.74) is -3.93. The first-order chi connectivity index (χ1) is 8.42. The Balaban J connectivity index is 2.24. The maximum atomic E-state index is 11.8. The number of furan rings is 1. The molecule has 1 N–H and O–H groups in total. The predicted molar refractivity (Wildman–Crippen MR) is 60.3 cm³/mol. The third-order valence-corrected chi connectivity index (χ3v) is 2.65. The third-order valence-electron chi connectivity index (χ3n) is 1.92. The Morgan fingerprint density at radius 2 is 2.28 bits per heavy atom. The van der Waals surface area contributed by atoms with Crippen molar-refractivity contribution in [2.75, 3.05) is 19.4 Å². The van der Waals surface area contributed by atoms with Gasteiger partial charge in [0.15, 0.2) is 0 Å². The zero-order chi connectivity index (χ0) is 13.6. The Morgan fingerprint density at radius 3 is 2.89 bits per heavy atom. The van der Waals surface area contributed by atoms with Gasteiger partial charge in [0, 0.05) is 12.3 Å². The van der Waals surface area contributed by atoms with Crippen LogP contribution in [0.3, 0.4) is 0 Å². The monoisotopic (exact) mass is 283 g/mol. The minimum Gasteiger partial charge on any atom is -0.467 e. The van der Waals surface area contributed by atoms with Crippen molar-refractivity contribution in [1.29, 1.82) is 0 Å². The minimum atomic E-state index is -4.20. The number of hydrogen-bond donors (Lipinski definition) is 1. The molecule has 1 heterocycles. The lowest BCUT2D eigenvalue weighted by Gasteiger charge is -2.05. The quantitative estimate of drug-likeness (QED) is 0.642. The van der Waals surface area contributed by atoms with Crippen LogP contribution in [0.25, 0.3) is 0 Å². The maximum absolute atomic E-state index is 11.8. The van der Waals surface area contributed by atoms with Gasteiger partial charge in [0.05, 0.1) is 19.2 Å². The van der Waals surface area contributed by atoms with Crippen LogP contribution in [0, 0.1) is 0 Å². The minimum absolute atomic E-state index is 0.0753. The number of methoxy groups -OCH3 is 1. The van der Waals surface area contributed by atoms with Crippen LogP contribution in [0.2, 0.25) is 0 Å². The topological polar surface area (TPSA) is 51.5 Å². The van der Waals surface area contributed by atoms with Crippen molar-refractivity contribution in [3.63, 3.8) is 0 Å². The van der Waals surface area contributed by atoms with Crippen LogP contribution in [-0.2, 0) is 11.3 Å². The van der Waals surface area contributed by atoms with Crippen molar-refractivity contribution in [2.45, 2.75) is 12.1 Å². The fourth-order valence-corrected chi connectivity index (χ4v) is 1.63. The van der Waals surface area contributed by atoms with E-state index in [1.807, 2.05) is 0 Å². The highest BCUT2D eigenvalue weighted by atomic mass is 32.2. The smallest absolute Gasteiger partial charge is 0.441 e. The summed E-state index contributed by atoms with van der Waals surface area (Å²) < 4.78 is 44.9. The number of thioether (sulfide) groups is 1. The second kappa shape index (κ2) is 6.69. The van der Waals surface area contributed by atoms with Gasteiger partial charge in [0.25, 0.3) is 0 Å². The fourth-order valence-electron chi connectivity index (χ4n) is 1.15. The van der Waals surface area contributed by atoms with Gasteiger partial charge in [-0.1, -0.05) is 0 Å². The number of rotatable bonds is 6. The molecule has 0 saturated carbocycles. The van der Waals surface area contributed by atoms with Gasteiger partial charge >= 0.3 is 11.5 Å². The molecular formula is C10H12F3NO3S. The first-order valence-corrected chi connectivity index (χ1v) is 5.98. The third kappa shape index (κ3) is 5.46. The molecule has 0 aliphatic heterocycles. The molecular weight excluding hydrogens is 271 g/mol. The summed E-state index contributed by atoms with van der Waals surface area (Å²) in [6.07, 6.45) is 1.24. The number of nitrogens with one attached hydrogen (secondary N) is 1. The molecule has 0 atom stereocenters. The molecule has 0 unspecified atom stereocenters. The first-order valence-electron chi connectivity index (χ1n) is 4.99. The van der Waals surface area contributed by atoms with Crippen LogP contribution < -0.4 is 5.32 Å². The summed E-state index contributed by atoms with van der Waals surface area (Å²) in [5, 5.41) is 2.78. The number of carbonyl (C=O) groups is 1. The number of alkyl halides is 3. The van der Waals surface area contributed by atoms with Gasteiger partial charge < -0.3 is 14.5 Å². The maximum Gasteiger partial charge on any atom is 0.441 e. The van der Waals surface area contributed by atoms with Gasteiger partial charge in [-0.25, -0.2) is 4.79 Å². The number of ether oxygens (including phenoxy) is 1. The Hall–Kier alpha value is -1.15. The molecule has 0 saturated heterocycles. The Labute approximate surface area is 106 Å². The van der Waals surface area contributed by atoms with Gasteiger partial charge in [0.2, 0.25) is 0 Å².